The molecule has 0 amide bonds. The first kappa shape index (κ1) is 18.5. The number of benzene rings is 2. The van der Waals surface area contributed by atoms with Crippen molar-refractivity contribution in [1.29, 1.82) is 0 Å². The van der Waals surface area contributed by atoms with Gasteiger partial charge in [0.05, 0.1) is 11.4 Å². The highest BCUT2D eigenvalue weighted by molar-refractivity contribution is 7.89. The molecule has 0 radical (unpaired) electrons. The topological polar surface area (TPSA) is 66.5 Å². The quantitative estimate of drug-likeness (QED) is 0.786. The third kappa shape index (κ3) is 4.28. The average molecular weight is 376 g/mol. The molecule has 3 rings (SSSR count). The number of hydrogen-bond acceptors (Lipinski definition) is 4. The molecule has 138 valence electrons. The standard InChI is InChI=1S/C19H21FN2O3S/c20-16-6-4-15(5-7-16)19(23)14-21-17-8-10-18(11-9-17)26(24,25)22-12-2-1-3-13-22/h4-11,21H,1-3,12-14H2. The molecule has 1 aliphatic heterocycles. The van der Waals surface area contributed by atoms with E-state index >= 15 is 0 Å². The lowest BCUT2D eigenvalue weighted by Gasteiger charge is -2.25. The number of halogens is 1. The lowest BCUT2D eigenvalue weighted by molar-refractivity contribution is 0.101. The van der Waals surface area contributed by atoms with Gasteiger partial charge in [0.2, 0.25) is 10.0 Å². The molecule has 1 saturated heterocycles. The molecule has 1 aliphatic rings. The van der Waals surface area contributed by atoms with Crippen LogP contribution >= 0.6 is 0 Å². The summed E-state index contributed by atoms with van der Waals surface area (Å²) in [4.78, 5) is 12.3. The van der Waals surface area contributed by atoms with Gasteiger partial charge < -0.3 is 5.32 Å². The van der Waals surface area contributed by atoms with Crippen molar-refractivity contribution < 1.29 is 17.6 Å². The van der Waals surface area contributed by atoms with Crippen molar-refractivity contribution in [2.45, 2.75) is 24.2 Å². The molecule has 1 fully saturated rings. The first-order valence-corrected chi connectivity index (χ1v) is 10.0. The number of carbonyl (C=O) groups is 1. The third-order valence-corrected chi connectivity index (χ3v) is 6.34. The van der Waals surface area contributed by atoms with E-state index < -0.39 is 10.0 Å². The summed E-state index contributed by atoms with van der Waals surface area (Å²) in [5.74, 6) is -0.560. The number of Topliss-reactive ketones (excluding diaryl/α,β-unsaturated/α-hetero) is 1. The molecule has 0 unspecified atom stereocenters. The van der Waals surface area contributed by atoms with Crippen LogP contribution in [0.5, 0.6) is 0 Å². The van der Waals surface area contributed by atoms with Gasteiger partial charge in [0.25, 0.3) is 0 Å². The Kier molecular flexibility index (Phi) is 5.68. The highest BCUT2D eigenvalue weighted by Gasteiger charge is 2.25. The minimum atomic E-state index is -3.45. The van der Waals surface area contributed by atoms with E-state index in [1.807, 2.05) is 0 Å². The van der Waals surface area contributed by atoms with Gasteiger partial charge in [0.15, 0.2) is 5.78 Å². The first-order chi connectivity index (χ1) is 12.5. The van der Waals surface area contributed by atoms with Crippen molar-refractivity contribution in [3.8, 4) is 0 Å². The number of anilines is 1. The van der Waals surface area contributed by atoms with Crippen LogP contribution in [0.4, 0.5) is 10.1 Å². The number of ketones is 1. The van der Waals surface area contributed by atoms with Gasteiger partial charge in [-0.1, -0.05) is 6.42 Å². The molecule has 1 heterocycles. The monoisotopic (exact) mass is 376 g/mol. The molecule has 26 heavy (non-hydrogen) atoms. The fourth-order valence-electron chi connectivity index (χ4n) is 2.92. The van der Waals surface area contributed by atoms with Gasteiger partial charge in [-0.15, -0.1) is 0 Å². The van der Waals surface area contributed by atoms with E-state index in [-0.39, 0.29) is 23.0 Å². The maximum atomic E-state index is 12.9. The number of nitrogens with one attached hydrogen (secondary N) is 1. The van der Waals surface area contributed by atoms with Crippen molar-refractivity contribution in [1.82, 2.24) is 4.31 Å². The number of sulfonamides is 1. The van der Waals surface area contributed by atoms with Crippen LogP contribution in [0.25, 0.3) is 0 Å². The lowest BCUT2D eigenvalue weighted by Crippen LogP contribution is -2.35. The van der Waals surface area contributed by atoms with E-state index in [0.29, 0.717) is 24.3 Å². The largest absolute Gasteiger partial charge is 0.378 e. The maximum absolute atomic E-state index is 12.9. The summed E-state index contributed by atoms with van der Waals surface area (Å²) < 4.78 is 39.6. The molecule has 0 aliphatic carbocycles. The van der Waals surface area contributed by atoms with Gasteiger partial charge >= 0.3 is 0 Å². The SMILES string of the molecule is O=C(CNc1ccc(S(=O)(=O)N2CCCCC2)cc1)c1ccc(F)cc1. The normalized spacial score (nSPS) is 15.6. The minimum Gasteiger partial charge on any atom is -0.378 e. The average Bonchev–Trinajstić information content (AvgIpc) is 2.67. The van der Waals surface area contributed by atoms with Gasteiger partial charge in [-0.2, -0.15) is 4.31 Å². The Hall–Kier alpha value is -2.25. The number of rotatable bonds is 6. The van der Waals surface area contributed by atoms with Crippen molar-refractivity contribution >= 4 is 21.5 Å². The fraction of sp³-hybridized carbons (Fsp3) is 0.316. The first-order valence-electron chi connectivity index (χ1n) is 8.60. The van der Waals surface area contributed by atoms with E-state index in [1.54, 1.807) is 24.3 Å². The summed E-state index contributed by atoms with van der Waals surface area (Å²) in [5, 5.41) is 2.96. The summed E-state index contributed by atoms with van der Waals surface area (Å²) in [5.41, 5.74) is 1.07. The second kappa shape index (κ2) is 7.97. The molecule has 0 bridgehead atoms. The Morgan fingerprint density at radius 1 is 0.962 bits per heavy atom. The van der Waals surface area contributed by atoms with E-state index in [0.717, 1.165) is 19.3 Å². The third-order valence-electron chi connectivity index (χ3n) is 4.43. The predicted octanol–water partition coefficient (Wildman–Crippen LogP) is 3.30. The molecule has 0 spiro atoms. The van der Waals surface area contributed by atoms with E-state index in [4.69, 9.17) is 0 Å². The van der Waals surface area contributed by atoms with Crippen LogP contribution in [0, 0.1) is 5.82 Å². The second-order valence-electron chi connectivity index (χ2n) is 6.27. The van der Waals surface area contributed by atoms with Gasteiger partial charge in [-0.25, -0.2) is 12.8 Å². The molecular weight excluding hydrogens is 355 g/mol. The van der Waals surface area contributed by atoms with E-state index in [9.17, 15) is 17.6 Å². The van der Waals surface area contributed by atoms with Crippen molar-refractivity contribution in [2.24, 2.45) is 0 Å². The van der Waals surface area contributed by atoms with Gasteiger partial charge in [-0.3, -0.25) is 4.79 Å². The summed E-state index contributed by atoms with van der Waals surface area (Å²) in [6.45, 7) is 1.17. The van der Waals surface area contributed by atoms with E-state index in [1.165, 1.54) is 28.6 Å². The highest BCUT2D eigenvalue weighted by atomic mass is 32.2. The summed E-state index contributed by atoms with van der Waals surface area (Å²) in [7, 11) is -3.45. The molecule has 2 aromatic carbocycles. The summed E-state index contributed by atoms with van der Waals surface area (Å²) in [6, 6.07) is 11.8. The minimum absolute atomic E-state index is 0.0455. The number of carbonyl (C=O) groups excluding carboxylic acids is 1. The van der Waals surface area contributed by atoms with Gasteiger partial charge in [0.1, 0.15) is 5.82 Å². The van der Waals surface area contributed by atoms with Crippen LogP contribution in [0.2, 0.25) is 0 Å². The van der Waals surface area contributed by atoms with Crippen molar-refractivity contribution in [3.63, 3.8) is 0 Å². The Morgan fingerprint density at radius 2 is 1.58 bits per heavy atom. The zero-order chi connectivity index (χ0) is 18.6. The molecule has 5 nitrogen and oxygen atoms in total. The van der Waals surface area contributed by atoms with Crippen LogP contribution in [0.15, 0.2) is 53.4 Å². The van der Waals surface area contributed by atoms with Gasteiger partial charge in [-0.05, 0) is 61.4 Å². The van der Waals surface area contributed by atoms with Crippen LogP contribution in [-0.4, -0.2) is 38.1 Å². The number of piperidine rings is 1. The number of hydrogen-bond donors (Lipinski definition) is 1. The van der Waals surface area contributed by atoms with Crippen LogP contribution in [-0.2, 0) is 10.0 Å². The van der Waals surface area contributed by atoms with Crippen molar-refractivity contribution in [3.05, 3.63) is 59.9 Å². The van der Waals surface area contributed by atoms with Crippen LogP contribution in [0.1, 0.15) is 29.6 Å². The Balaban J connectivity index is 1.62. The Bertz CT molecular complexity index is 859. The van der Waals surface area contributed by atoms with E-state index in [2.05, 4.69) is 5.32 Å². The summed E-state index contributed by atoms with van der Waals surface area (Å²) in [6.07, 6.45) is 2.85. The molecule has 1 N–H and O–H groups in total. The Labute approximate surface area is 152 Å². The van der Waals surface area contributed by atoms with Gasteiger partial charge in [0, 0.05) is 24.3 Å². The highest BCUT2D eigenvalue weighted by Crippen LogP contribution is 2.22. The molecular formula is C19H21FN2O3S. The second-order valence-corrected chi connectivity index (χ2v) is 8.21. The Morgan fingerprint density at radius 3 is 2.19 bits per heavy atom. The lowest BCUT2D eigenvalue weighted by atomic mass is 10.1. The van der Waals surface area contributed by atoms with Crippen molar-refractivity contribution in [2.75, 3.05) is 25.0 Å². The molecule has 0 aromatic heterocycles. The zero-order valence-corrected chi connectivity index (χ0v) is 15.1. The summed E-state index contributed by atoms with van der Waals surface area (Å²) >= 11 is 0. The molecule has 2 aromatic rings. The molecule has 7 heteroatoms. The predicted molar refractivity (Wildman–Crippen MR) is 98.3 cm³/mol. The molecule has 0 atom stereocenters. The van der Waals surface area contributed by atoms with Crippen LogP contribution < -0.4 is 5.32 Å². The zero-order valence-electron chi connectivity index (χ0n) is 14.3. The molecule has 0 saturated carbocycles. The number of nitrogens with zero attached hydrogens (tertiary/aromatic N) is 1. The smallest absolute Gasteiger partial charge is 0.243 e. The van der Waals surface area contributed by atoms with Crippen LogP contribution in [0.3, 0.4) is 0 Å². The maximum Gasteiger partial charge on any atom is 0.243 e. The fourth-order valence-corrected chi connectivity index (χ4v) is 4.44.